The Hall–Kier alpha value is -2.24. The molecule has 2 rings (SSSR count). The van der Waals surface area contributed by atoms with Gasteiger partial charge in [0.1, 0.15) is 0 Å². The molecule has 94 valence electrons. The van der Waals surface area contributed by atoms with Gasteiger partial charge in [-0.2, -0.15) is 0 Å². The van der Waals surface area contributed by atoms with Crippen molar-refractivity contribution in [2.45, 2.75) is 6.92 Å². The molecule has 0 aliphatic carbocycles. The molecule has 1 aromatic carbocycles. The molecule has 1 heterocycles. The molecule has 0 unspecified atom stereocenters. The quantitative estimate of drug-likeness (QED) is 0.789. The normalized spacial score (nSPS) is 10.4. The SMILES string of the molecule is CCOC(=O)c1ncoc1-c1ccc(F)c(F)c1. The first-order valence-electron chi connectivity index (χ1n) is 5.19. The number of carbonyl (C=O) groups is 1. The number of hydrogen-bond donors (Lipinski definition) is 0. The second kappa shape index (κ2) is 4.95. The third-order valence-corrected chi connectivity index (χ3v) is 2.22. The fourth-order valence-electron chi connectivity index (χ4n) is 1.43. The molecule has 0 aliphatic heterocycles. The highest BCUT2D eigenvalue weighted by atomic mass is 19.2. The van der Waals surface area contributed by atoms with E-state index in [2.05, 4.69) is 4.98 Å². The van der Waals surface area contributed by atoms with E-state index in [1.807, 2.05) is 0 Å². The van der Waals surface area contributed by atoms with Gasteiger partial charge >= 0.3 is 5.97 Å². The number of halogens is 2. The van der Waals surface area contributed by atoms with Crippen LogP contribution in [0.3, 0.4) is 0 Å². The van der Waals surface area contributed by atoms with Gasteiger partial charge in [0.2, 0.25) is 0 Å². The fourth-order valence-corrected chi connectivity index (χ4v) is 1.43. The largest absolute Gasteiger partial charge is 0.461 e. The Bertz CT molecular complexity index is 580. The van der Waals surface area contributed by atoms with Crippen LogP contribution in [0.25, 0.3) is 11.3 Å². The maximum absolute atomic E-state index is 13.1. The lowest BCUT2D eigenvalue weighted by molar-refractivity contribution is 0.0520. The predicted molar refractivity (Wildman–Crippen MR) is 57.8 cm³/mol. The van der Waals surface area contributed by atoms with Crippen LogP contribution in [0.4, 0.5) is 8.78 Å². The topological polar surface area (TPSA) is 52.3 Å². The maximum atomic E-state index is 13.1. The van der Waals surface area contributed by atoms with Crippen molar-refractivity contribution in [3.05, 3.63) is 41.9 Å². The van der Waals surface area contributed by atoms with Gasteiger partial charge in [-0.15, -0.1) is 0 Å². The molecular weight excluding hydrogens is 244 g/mol. The third-order valence-electron chi connectivity index (χ3n) is 2.22. The van der Waals surface area contributed by atoms with Crippen LogP contribution >= 0.6 is 0 Å². The highest BCUT2D eigenvalue weighted by molar-refractivity contribution is 5.93. The van der Waals surface area contributed by atoms with Crippen molar-refractivity contribution in [1.29, 1.82) is 0 Å². The van der Waals surface area contributed by atoms with Gasteiger partial charge in [0.15, 0.2) is 29.5 Å². The van der Waals surface area contributed by atoms with Gasteiger partial charge < -0.3 is 9.15 Å². The standard InChI is InChI=1S/C12H9F2NO3/c1-2-17-12(16)10-11(18-6-15-10)7-3-4-8(13)9(14)5-7/h3-6H,2H2,1H3. The van der Waals surface area contributed by atoms with Gasteiger partial charge in [-0.25, -0.2) is 18.6 Å². The first kappa shape index (κ1) is 12.2. The summed E-state index contributed by atoms with van der Waals surface area (Å²) in [7, 11) is 0. The Balaban J connectivity index is 2.42. The molecule has 0 atom stereocenters. The van der Waals surface area contributed by atoms with Crippen LogP contribution in [-0.2, 0) is 4.74 Å². The fraction of sp³-hybridized carbons (Fsp3) is 0.167. The first-order valence-corrected chi connectivity index (χ1v) is 5.19. The van der Waals surface area contributed by atoms with Crippen LogP contribution in [0.5, 0.6) is 0 Å². The monoisotopic (exact) mass is 253 g/mol. The first-order chi connectivity index (χ1) is 8.63. The van der Waals surface area contributed by atoms with Crippen LogP contribution in [0, 0.1) is 11.6 Å². The molecule has 0 amide bonds. The molecule has 0 saturated carbocycles. The molecule has 0 saturated heterocycles. The molecule has 1 aromatic heterocycles. The highest BCUT2D eigenvalue weighted by Crippen LogP contribution is 2.25. The van der Waals surface area contributed by atoms with E-state index in [4.69, 9.17) is 9.15 Å². The number of carbonyl (C=O) groups excluding carboxylic acids is 1. The second-order valence-electron chi connectivity index (χ2n) is 3.38. The zero-order valence-electron chi connectivity index (χ0n) is 9.44. The lowest BCUT2D eigenvalue weighted by Crippen LogP contribution is -2.06. The lowest BCUT2D eigenvalue weighted by atomic mass is 10.1. The molecule has 0 spiro atoms. The van der Waals surface area contributed by atoms with Gasteiger partial charge in [-0.3, -0.25) is 0 Å². The molecule has 4 nitrogen and oxygen atoms in total. The zero-order valence-corrected chi connectivity index (χ0v) is 9.44. The van der Waals surface area contributed by atoms with Crippen molar-refractivity contribution in [1.82, 2.24) is 4.98 Å². The van der Waals surface area contributed by atoms with Crippen molar-refractivity contribution >= 4 is 5.97 Å². The second-order valence-corrected chi connectivity index (χ2v) is 3.38. The van der Waals surface area contributed by atoms with E-state index in [9.17, 15) is 13.6 Å². The van der Waals surface area contributed by atoms with Gasteiger partial charge in [0.25, 0.3) is 0 Å². The van der Waals surface area contributed by atoms with E-state index in [0.29, 0.717) is 0 Å². The average molecular weight is 253 g/mol. The van der Waals surface area contributed by atoms with Gasteiger partial charge in [0, 0.05) is 5.56 Å². The van der Waals surface area contributed by atoms with Crippen LogP contribution < -0.4 is 0 Å². The average Bonchev–Trinajstić information content (AvgIpc) is 2.82. The summed E-state index contributed by atoms with van der Waals surface area (Å²) in [5, 5.41) is 0. The molecule has 6 heteroatoms. The summed E-state index contributed by atoms with van der Waals surface area (Å²) in [6.45, 7) is 1.83. The minimum Gasteiger partial charge on any atom is -0.461 e. The number of esters is 1. The van der Waals surface area contributed by atoms with Crippen molar-refractivity contribution in [3.8, 4) is 11.3 Å². The molecule has 0 radical (unpaired) electrons. The summed E-state index contributed by atoms with van der Waals surface area (Å²) in [6, 6.07) is 3.17. The minimum atomic E-state index is -1.03. The third kappa shape index (κ3) is 2.22. The number of ether oxygens (including phenoxy) is 1. The van der Waals surface area contributed by atoms with E-state index in [-0.39, 0.29) is 23.6 Å². The summed E-state index contributed by atoms with van der Waals surface area (Å²) < 4.78 is 35.7. The summed E-state index contributed by atoms with van der Waals surface area (Å²) in [4.78, 5) is 15.2. The van der Waals surface area contributed by atoms with Crippen molar-refractivity contribution < 1.29 is 22.7 Å². The molecule has 0 bridgehead atoms. The van der Waals surface area contributed by atoms with Gasteiger partial charge in [-0.05, 0) is 25.1 Å². The molecular formula is C12H9F2NO3. The number of oxazole rings is 1. The highest BCUT2D eigenvalue weighted by Gasteiger charge is 2.20. The summed E-state index contributed by atoms with van der Waals surface area (Å²) >= 11 is 0. The lowest BCUT2D eigenvalue weighted by Gasteiger charge is -2.02. The van der Waals surface area contributed by atoms with Crippen LogP contribution in [0.2, 0.25) is 0 Å². The number of aromatic nitrogens is 1. The Labute approximate surface area is 101 Å². The molecule has 0 fully saturated rings. The zero-order chi connectivity index (χ0) is 13.1. The molecule has 0 aliphatic rings. The van der Waals surface area contributed by atoms with E-state index in [1.165, 1.54) is 6.07 Å². The van der Waals surface area contributed by atoms with Crippen LogP contribution in [0.1, 0.15) is 17.4 Å². The van der Waals surface area contributed by atoms with E-state index in [1.54, 1.807) is 6.92 Å². The Morgan fingerprint density at radius 1 is 1.39 bits per heavy atom. The minimum absolute atomic E-state index is 0.0485. The Morgan fingerprint density at radius 2 is 2.17 bits per heavy atom. The van der Waals surface area contributed by atoms with Gasteiger partial charge in [-0.1, -0.05) is 0 Å². The van der Waals surface area contributed by atoms with E-state index >= 15 is 0 Å². The van der Waals surface area contributed by atoms with Crippen molar-refractivity contribution in [2.75, 3.05) is 6.61 Å². The van der Waals surface area contributed by atoms with E-state index in [0.717, 1.165) is 18.5 Å². The van der Waals surface area contributed by atoms with Crippen molar-refractivity contribution in [2.24, 2.45) is 0 Å². The Kier molecular flexibility index (Phi) is 3.36. The summed E-state index contributed by atoms with van der Waals surface area (Å²) in [5.74, 6) is -2.63. The maximum Gasteiger partial charge on any atom is 0.360 e. The molecule has 2 aromatic rings. The number of hydrogen-bond acceptors (Lipinski definition) is 4. The Morgan fingerprint density at radius 3 is 2.83 bits per heavy atom. The smallest absolute Gasteiger partial charge is 0.360 e. The number of nitrogens with zero attached hydrogens (tertiary/aromatic N) is 1. The van der Waals surface area contributed by atoms with Crippen LogP contribution in [-0.4, -0.2) is 17.6 Å². The van der Waals surface area contributed by atoms with Crippen LogP contribution in [0.15, 0.2) is 29.0 Å². The summed E-state index contributed by atoms with van der Waals surface area (Å²) in [5.41, 5.74) is 0.150. The van der Waals surface area contributed by atoms with E-state index < -0.39 is 17.6 Å². The summed E-state index contributed by atoms with van der Waals surface area (Å²) in [6.07, 6.45) is 1.04. The predicted octanol–water partition coefficient (Wildman–Crippen LogP) is 2.80. The molecule has 18 heavy (non-hydrogen) atoms. The molecule has 0 N–H and O–H groups in total. The van der Waals surface area contributed by atoms with Crippen molar-refractivity contribution in [3.63, 3.8) is 0 Å². The number of benzene rings is 1. The van der Waals surface area contributed by atoms with Gasteiger partial charge in [0.05, 0.1) is 6.61 Å². The number of rotatable bonds is 3.